The molecule has 0 heterocycles. The SMILES string of the molecule is CC(N)Cc1cc(Cl)c(O)cc1F. The van der Waals surface area contributed by atoms with Crippen molar-refractivity contribution >= 4 is 11.6 Å². The fourth-order valence-corrected chi connectivity index (χ4v) is 1.27. The molecule has 0 saturated carbocycles. The molecule has 0 aromatic heterocycles. The van der Waals surface area contributed by atoms with Crippen molar-refractivity contribution in [1.29, 1.82) is 0 Å². The zero-order valence-electron chi connectivity index (χ0n) is 7.22. The lowest BCUT2D eigenvalue weighted by Gasteiger charge is -2.07. The lowest BCUT2D eigenvalue weighted by Crippen LogP contribution is -2.18. The fourth-order valence-electron chi connectivity index (χ4n) is 1.08. The molecule has 72 valence electrons. The first kappa shape index (κ1) is 10.3. The van der Waals surface area contributed by atoms with E-state index in [2.05, 4.69) is 0 Å². The molecule has 0 radical (unpaired) electrons. The van der Waals surface area contributed by atoms with Gasteiger partial charge in [-0.05, 0) is 25.0 Å². The number of benzene rings is 1. The fraction of sp³-hybridized carbons (Fsp3) is 0.333. The van der Waals surface area contributed by atoms with Gasteiger partial charge in [0.05, 0.1) is 5.02 Å². The molecule has 1 aromatic rings. The molecular weight excluding hydrogens is 193 g/mol. The van der Waals surface area contributed by atoms with Crippen molar-refractivity contribution in [2.75, 3.05) is 0 Å². The van der Waals surface area contributed by atoms with E-state index in [1.165, 1.54) is 6.07 Å². The van der Waals surface area contributed by atoms with Crippen molar-refractivity contribution < 1.29 is 9.50 Å². The van der Waals surface area contributed by atoms with Gasteiger partial charge in [-0.2, -0.15) is 0 Å². The van der Waals surface area contributed by atoms with Gasteiger partial charge in [0, 0.05) is 12.1 Å². The Balaban J connectivity index is 3.01. The smallest absolute Gasteiger partial charge is 0.137 e. The monoisotopic (exact) mass is 203 g/mol. The van der Waals surface area contributed by atoms with Crippen LogP contribution in [0.2, 0.25) is 5.02 Å². The van der Waals surface area contributed by atoms with Crippen LogP contribution in [-0.2, 0) is 6.42 Å². The maximum atomic E-state index is 13.1. The van der Waals surface area contributed by atoms with Crippen LogP contribution in [0.1, 0.15) is 12.5 Å². The predicted molar refractivity (Wildman–Crippen MR) is 50.4 cm³/mol. The van der Waals surface area contributed by atoms with Gasteiger partial charge in [-0.25, -0.2) is 4.39 Å². The van der Waals surface area contributed by atoms with Gasteiger partial charge in [0.25, 0.3) is 0 Å². The molecule has 1 unspecified atom stereocenters. The minimum Gasteiger partial charge on any atom is -0.506 e. The Morgan fingerprint density at radius 2 is 2.23 bits per heavy atom. The van der Waals surface area contributed by atoms with Crippen LogP contribution in [0.3, 0.4) is 0 Å². The highest BCUT2D eigenvalue weighted by molar-refractivity contribution is 6.32. The first-order chi connectivity index (χ1) is 6.00. The van der Waals surface area contributed by atoms with E-state index in [-0.39, 0.29) is 16.8 Å². The van der Waals surface area contributed by atoms with Crippen molar-refractivity contribution in [3.05, 3.63) is 28.5 Å². The minimum atomic E-state index is -0.473. The Labute approximate surface area is 81.1 Å². The number of hydrogen-bond acceptors (Lipinski definition) is 2. The first-order valence-electron chi connectivity index (χ1n) is 3.93. The summed E-state index contributed by atoms with van der Waals surface area (Å²) in [7, 11) is 0. The van der Waals surface area contributed by atoms with Crippen LogP contribution in [-0.4, -0.2) is 11.1 Å². The van der Waals surface area contributed by atoms with Crippen molar-refractivity contribution in [2.45, 2.75) is 19.4 Å². The lowest BCUT2D eigenvalue weighted by molar-refractivity contribution is 0.467. The third-order valence-corrected chi connectivity index (χ3v) is 1.96. The molecule has 1 rings (SSSR count). The Hall–Kier alpha value is -0.800. The molecular formula is C9H11ClFNO. The van der Waals surface area contributed by atoms with Gasteiger partial charge < -0.3 is 10.8 Å². The highest BCUT2D eigenvalue weighted by atomic mass is 35.5. The molecule has 0 aliphatic heterocycles. The molecule has 0 saturated heterocycles. The van der Waals surface area contributed by atoms with E-state index in [9.17, 15) is 4.39 Å². The van der Waals surface area contributed by atoms with Crippen molar-refractivity contribution in [3.63, 3.8) is 0 Å². The maximum Gasteiger partial charge on any atom is 0.137 e. The second-order valence-corrected chi connectivity index (χ2v) is 3.48. The zero-order valence-corrected chi connectivity index (χ0v) is 7.98. The topological polar surface area (TPSA) is 46.2 Å². The number of phenolic OH excluding ortho intramolecular Hbond substituents is 1. The Bertz CT molecular complexity index is 315. The molecule has 4 heteroatoms. The third kappa shape index (κ3) is 2.57. The van der Waals surface area contributed by atoms with Crippen LogP contribution in [0.5, 0.6) is 5.75 Å². The second kappa shape index (κ2) is 3.94. The molecule has 13 heavy (non-hydrogen) atoms. The number of phenols is 1. The van der Waals surface area contributed by atoms with Crippen molar-refractivity contribution in [1.82, 2.24) is 0 Å². The van der Waals surface area contributed by atoms with E-state index in [0.29, 0.717) is 12.0 Å². The molecule has 0 bridgehead atoms. The van der Waals surface area contributed by atoms with Gasteiger partial charge in [0.2, 0.25) is 0 Å². The summed E-state index contributed by atoms with van der Waals surface area (Å²) in [4.78, 5) is 0. The van der Waals surface area contributed by atoms with Gasteiger partial charge in [-0.15, -0.1) is 0 Å². The maximum absolute atomic E-state index is 13.1. The van der Waals surface area contributed by atoms with E-state index in [4.69, 9.17) is 22.4 Å². The van der Waals surface area contributed by atoms with Gasteiger partial charge >= 0.3 is 0 Å². The predicted octanol–water partition coefficient (Wildman–Crippen LogP) is 2.07. The Morgan fingerprint density at radius 3 is 2.77 bits per heavy atom. The Kier molecular flexibility index (Phi) is 3.12. The standard InChI is InChI=1S/C9H11ClFNO/c1-5(12)2-6-3-7(10)9(13)4-8(6)11/h3-5,13H,2,12H2,1H3. The quantitative estimate of drug-likeness (QED) is 0.773. The molecule has 0 fully saturated rings. The summed E-state index contributed by atoms with van der Waals surface area (Å²) in [5.74, 6) is -0.716. The van der Waals surface area contributed by atoms with Gasteiger partial charge in [0.1, 0.15) is 11.6 Å². The summed E-state index contributed by atoms with van der Waals surface area (Å²) in [6, 6.07) is 2.27. The van der Waals surface area contributed by atoms with Crippen LogP contribution < -0.4 is 5.73 Å². The van der Waals surface area contributed by atoms with Crippen LogP contribution in [0.15, 0.2) is 12.1 Å². The first-order valence-corrected chi connectivity index (χ1v) is 4.31. The summed E-state index contributed by atoms with van der Waals surface area (Å²) in [6.07, 6.45) is 0.409. The molecule has 1 atom stereocenters. The molecule has 0 aliphatic carbocycles. The van der Waals surface area contributed by atoms with Crippen molar-refractivity contribution in [2.24, 2.45) is 5.73 Å². The van der Waals surface area contributed by atoms with Crippen LogP contribution >= 0.6 is 11.6 Å². The van der Waals surface area contributed by atoms with Gasteiger partial charge in [0.15, 0.2) is 0 Å². The average Bonchev–Trinajstić information content (AvgIpc) is 1.99. The summed E-state index contributed by atoms with van der Waals surface area (Å²) in [6.45, 7) is 1.78. The summed E-state index contributed by atoms with van der Waals surface area (Å²) >= 11 is 5.61. The molecule has 1 aromatic carbocycles. The van der Waals surface area contributed by atoms with E-state index in [0.717, 1.165) is 6.07 Å². The van der Waals surface area contributed by atoms with Crippen LogP contribution in [0.4, 0.5) is 4.39 Å². The Morgan fingerprint density at radius 1 is 1.62 bits per heavy atom. The lowest BCUT2D eigenvalue weighted by atomic mass is 10.1. The van der Waals surface area contributed by atoms with Crippen LogP contribution in [0, 0.1) is 5.82 Å². The highest BCUT2D eigenvalue weighted by Crippen LogP contribution is 2.26. The number of halogens is 2. The molecule has 3 N–H and O–H groups in total. The highest BCUT2D eigenvalue weighted by Gasteiger charge is 2.08. The van der Waals surface area contributed by atoms with E-state index in [1.54, 1.807) is 6.92 Å². The van der Waals surface area contributed by atoms with Gasteiger partial charge in [-0.1, -0.05) is 11.6 Å². The van der Waals surface area contributed by atoms with Gasteiger partial charge in [-0.3, -0.25) is 0 Å². The summed E-state index contributed by atoms with van der Waals surface area (Å²) < 4.78 is 13.1. The largest absolute Gasteiger partial charge is 0.506 e. The summed E-state index contributed by atoms with van der Waals surface area (Å²) in [5, 5.41) is 9.21. The molecule has 2 nitrogen and oxygen atoms in total. The molecule has 0 aliphatic rings. The summed E-state index contributed by atoms with van der Waals surface area (Å²) in [5.41, 5.74) is 5.94. The van der Waals surface area contributed by atoms with E-state index >= 15 is 0 Å². The average molecular weight is 204 g/mol. The number of aromatic hydroxyl groups is 1. The van der Waals surface area contributed by atoms with Crippen molar-refractivity contribution in [3.8, 4) is 5.75 Å². The third-order valence-electron chi connectivity index (χ3n) is 1.66. The number of rotatable bonds is 2. The van der Waals surface area contributed by atoms with E-state index in [1.807, 2.05) is 0 Å². The number of nitrogens with two attached hydrogens (primary N) is 1. The normalized spacial score (nSPS) is 12.9. The minimum absolute atomic E-state index is 0.130. The molecule has 0 amide bonds. The van der Waals surface area contributed by atoms with E-state index < -0.39 is 5.82 Å². The number of hydrogen-bond donors (Lipinski definition) is 2. The zero-order chi connectivity index (χ0) is 10.0. The second-order valence-electron chi connectivity index (χ2n) is 3.08. The molecule has 0 spiro atoms. The van der Waals surface area contributed by atoms with Crippen LogP contribution in [0.25, 0.3) is 0 Å².